The van der Waals surface area contributed by atoms with Crippen LogP contribution in [-0.4, -0.2) is 34.0 Å². The second-order valence-electron chi connectivity index (χ2n) is 0.448. The second-order valence-corrected chi connectivity index (χ2v) is 1.34. The van der Waals surface area contributed by atoms with Gasteiger partial charge in [-0.05, 0) is 0 Å². The predicted octanol–water partition coefficient (Wildman–Crippen LogP) is -2.80. The van der Waals surface area contributed by atoms with Gasteiger partial charge in [0.1, 0.15) is 0 Å². The van der Waals surface area contributed by atoms with E-state index in [9.17, 15) is 0 Å². The van der Waals surface area contributed by atoms with E-state index in [2.05, 4.69) is 0 Å². The first-order chi connectivity index (χ1) is 2.00. The summed E-state index contributed by atoms with van der Waals surface area (Å²) in [6.45, 7) is 0. The third-order valence-electron chi connectivity index (χ3n) is 0. The highest BCUT2D eigenvalue weighted by Gasteiger charge is 1.84. The van der Waals surface area contributed by atoms with Crippen molar-refractivity contribution in [3.8, 4) is 0 Å². The van der Waals surface area contributed by atoms with E-state index in [1.54, 1.807) is 0 Å². The van der Waals surface area contributed by atoms with Crippen molar-refractivity contribution in [2.75, 3.05) is 0 Å². The summed E-state index contributed by atoms with van der Waals surface area (Å²) in [4.78, 5) is 0. The summed E-state index contributed by atoms with van der Waals surface area (Å²) in [5.41, 5.74) is 0. The Kier molecular flexibility index (Phi) is 85.6. The van der Waals surface area contributed by atoms with Gasteiger partial charge >= 0.3 is 10.4 Å². The largest absolute Gasteiger partial charge is 0.412 e. The average molecular weight is 186 g/mol. The maximum absolute atomic E-state index is 8.74. The molecule has 0 atom stereocenters. The third kappa shape index (κ3) is 3130. The molecule has 10 heteroatoms. The van der Waals surface area contributed by atoms with E-state index in [-0.39, 0.29) is 28.7 Å². The zero-order valence-electron chi connectivity index (χ0n) is 5.03. The molecule has 72 valence electrons. The van der Waals surface area contributed by atoms with Crippen LogP contribution in [0.5, 0.6) is 0 Å². The summed E-state index contributed by atoms with van der Waals surface area (Å²) in [7, 11) is -4.67. The van der Waals surface area contributed by atoms with E-state index in [1.807, 2.05) is 0 Å². The first-order valence-corrected chi connectivity index (χ1v) is 2.10. The second kappa shape index (κ2) is 15.9. The summed E-state index contributed by atoms with van der Waals surface area (Å²) in [5, 5.41) is 0. The van der Waals surface area contributed by atoms with Crippen molar-refractivity contribution >= 4 is 10.4 Å². The van der Waals surface area contributed by atoms with Gasteiger partial charge in [-0.3, -0.25) is 9.11 Å². The molecule has 0 rings (SSSR count). The van der Waals surface area contributed by atoms with Crippen molar-refractivity contribution in [2.45, 2.75) is 0 Å². The smallest absolute Gasteiger partial charge is 0.394 e. The van der Waals surface area contributed by atoms with Gasteiger partial charge in [-0.25, -0.2) is 0 Å². The van der Waals surface area contributed by atoms with E-state index < -0.39 is 10.4 Å². The van der Waals surface area contributed by atoms with Gasteiger partial charge in [-0.1, -0.05) is 0 Å². The monoisotopic (exact) mass is 186 g/mol. The van der Waals surface area contributed by atoms with Crippen LogP contribution < -0.4 is 12.3 Å². The van der Waals surface area contributed by atoms with Crippen LogP contribution in [0.1, 0.15) is 0 Å². The Hall–Kier alpha value is -0.330. The molecule has 0 spiro atoms. The van der Waals surface area contributed by atoms with Crippen molar-refractivity contribution in [3.05, 3.63) is 0 Å². The molecule has 0 aliphatic heterocycles. The van der Waals surface area contributed by atoms with Crippen molar-refractivity contribution in [1.82, 2.24) is 12.3 Å². The van der Waals surface area contributed by atoms with Gasteiger partial charge in [-0.15, -0.1) is 0 Å². The summed E-state index contributed by atoms with van der Waals surface area (Å²) >= 11 is 0. The number of rotatable bonds is 0. The lowest BCUT2D eigenvalue weighted by Crippen LogP contribution is -1.89. The standard InChI is InChI=1S/2H3N.H2O4S.3H2O/c;;1-5(2,3)4;;;/h2*1H3;(H2,1,2,3,4);3*1H2. The van der Waals surface area contributed by atoms with Gasteiger partial charge in [0.15, 0.2) is 0 Å². The molecule has 0 aromatic carbocycles. The Bertz CT molecular complexity index is 94.8. The normalized spacial score (nSPS) is 5.80. The van der Waals surface area contributed by atoms with Crippen molar-refractivity contribution in [2.24, 2.45) is 0 Å². The Morgan fingerprint density at radius 2 is 0.800 bits per heavy atom. The van der Waals surface area contributed by atoms with Crippen LogP contribution in [0.15, 0.2) is 0 Å². The van der Waals surface area contributed by atoms with Crippen LogP contribution >= 0.6 is 0 Å². The van der Waals surface area contributed by atoms with E-state index in [0.29, 0.717) is 0 Å². The third-order valence-corrected chi connectivity index (χ3v) is 0. The topological polar surface area (TPSA) is 239 Å². The molecule has 0 aliphatic rings. The fourth-order valence-corrected chi connectivity index (χ4v) is 0. The molecule has 0 radical (unpaired) electrons. The minimum absolute atomic E-state index is 0. The molecule has 0 saturated heterocycles. The Labute approximate surface area is 57.7 Å². The fourth-order valence-electron chi connectivity index (χ4n) is 0. The summed E-state index contributed by atoms with van der Waals surface area (Å²) in [5.74, 6) is 0. The molecule has 0 saturated carbocycles. The summed E-state index contributed by atoms with van der Waals surface area (Å²) in [6, 6.07) is 0. The van der Waals surface area contributed by atoms with E-state index >= 15 is 0 Å². The molecule has 0 unspecified atom stereocenters. The minimum atomic E-state index is -4.67. The molecule has 0 fully saturated rings. The summed E-state index contributed by atoms with van der Waals surface area (Å²) in [6.07, 6.45) is 0. The first-order valence-electron chi connectivity index (χ1n) is 0.698. The molecule has 10 heavy (non-hydrogen) atoms. The maximum atomic E-state index is 8.74. The van der Waals surface area contributed by atoms with Crippen molar-refractivity contribution < 1.29 is 34.0 Å². The van der Waals surface area contributed by atoms with Gasteiger partial charge in [0, 0.05) is 0 Å². The molecule has 0 aromatic rings. The van der Waals surface area contributed by atoms with Crippen LogP contribution in [0.2, 0.25) is 0 Å². The van der Waals surface area contributed by atoms with Gasteiger partial charge in [0.05, 0.1) is 0 Å². The zero-order chi connectivity index (χ0) is 4.50. The highest BCUT2D eigenvalue weighted by atomic mass is 32.3. The highest BCUT2D eigenvalue weighted by Crippen LogP contribution is 1.59. The number of hydrogen-bond donors (Lipinski definition) is 4. The molecule has 0 heterocycles. The van der Waals surface area contributed by atoms with E-state index in [1.165, 1.54) is 0 Å². The Morgan fingerprint density at radius 1 is 0.800 bits per heavy atom. The van der Waals surface area contributed by atoms with Gasteiger partial charge in [0.25, 0.3) is 0 Å². The van der Waals surface area contributed by atoms with Crippen molar-refractivity contribution in [3.63, 3.8) is 0 Å². The lowest BCUT2D eigenvalue weighted by Gasteiger charge is -1.68. The zero-order valence-corrected chi connectivity index (χ0v) is 5.85. The van der Waals surface area contributed by atoms with Crippen LogP contribution in [0.25, 0.3) is 0 Å². The van der Waals surface area contributed by atoms with Crippen LogP contribution in [0.3, 0.4) is 0 Å². The molecule has 0 aromatic heterocycles. The molecule has 0 bridgehead atoms. The number of hydrogen-bond acceptors (Lipinski definition) is 4. The predicted molar refractivity (Wildman–Crippen MR) is 35.1 cm³/mol. The van der Waals surface area contributed by atoms with Gasteiger partial charge in [0.2, 0.25) is 0 Å². The summed E-state index contributed by atoms with van der Waals surface area (Å²) < 4.78 is 31.6. The van der Waals surface area contributed by atoms with Crippen LogP contribution in [0, 0.1) is 0 Å². The molecule has 0 aliphatic carbocycles. The Balaban J connectivity index is -0.00000000800. The molecule has 14 N–H and O–H groups in total. The van der Waals surface area contributed by atoms with Crippen LogP contribution in [0.4, 0.5) is 0 Å². The van der Waals surface area contributed by atoms with Crippen LogP contribution in [-0.2, 0) is 10.4 Å². The van der Waals surface area contributed by atoms with E-state index in [0.717, 1.165) is 0 Å². The highest BCUT2D eigenvalue weighted by molar-refractivity contribution is 7.79. The van der Waals surface area contributed by atoms with E-state index in [4.69, 9.17) is 17.5 Å². The average Bonchev–Trinajstić information content (AvgIpc) is 0.722. The quantitative estimate of drug-likeness (QED) is 0.290. The molecule has 9 nitrogen and oxygen atoms in total. The SMILES string of the molecule is N.N.O.O.O.O=S(=O)(O)O. The van der Waals surface area contributed by atoms with Gasteiger partial charge < -0.3 is 28.7 Å². The maximum Gasteiger partial charge on any atom is 0.394 e. The lowest BCUT2D eigenvalue weighted by molar-refractivity contribution is 0.381. The fraction of sp³-hybridized carbons (Fsp3) is 0. The molecular weight excluding hydrogens is 172 g/mol. The van der Waals surface area contributed by atoms with Crippen molar-refractivity contribution in [1.29, 1.82) is 0 Å². The minimum Gasteiger partial charge on any atom is -0.412 e. The Morgan fingerprint density at radius 3 is 0.800 bits per heavy atom. The van der Waals surface area contributed by atoms with Gasteiger partial charge in [-0.2, -0.15) is 8.42 Å². The lowest BCUT2D eigenvalue weighted by atomic mass is 14.0. The first kappa shape index (κ1) is 54.0. The molecular formula is H14N2O7S. The molecule has 0 amide bonds.